The van der Waals surface area contributed by atoms with E-state index in [1.807, 2.05) is 29.4 Å². The molecule has 3 rings (SSSR count). The summed E-state index contributed by atoms with van der Waals surface area (Å²) < 4.78 is 1.82. The first-order valence-electron chi connectivity index (χ1n) is 6.90. The van der Waals surface area contributed by atoms with Crippen LogP contribution in [0.3, 0.4) is 0 Å². The Morgan fingerprint density at radius 2 is 2.09 bits per heavy atom. The van der Waals surface area contributed by atoms with Crippen molar-refractivity contribution < 1.29 is 0 Å². The molecule has 1 aliphatic rings. The van der Waals surface area contributed by atoms with Crippen LogP contribution in [0.25, 0.3) is 0 Å². The molecule has 1 saturated heterocycles. The molecule has 0 aromatic carbocycles. The van der Waals surface area contributed by atoms with Crippen LogP contribution in [0.15, 0.2) is 28.8 Å². The number of aromatic nitrogens is 3. The summed E-state index contributed by atoms with van der Waals surface area (Å²) in [6.07, 6.45) is 3.62. The zero-order chi connectivity index (χ0) is 14.7. The Labute approximate surface area is 150 Å². The van der Waals surface area contributed by atoms with Crippen molar-refractivity contribution in [3.63, 3.8) is 0 Å². The number of aryl methyl sites for hydroxylation is 1. The van der Waals surface area contributed by atoms with Gasteiger partial charge in [-0.2, -0.15) is 5.10 Å². The first-order chi connectivity index (χ1) is 10.2. The maximum absolute atomic E-state index is 6.09. The number of rotatable bonds is 3. The molecule has 120 valence electrons. The number of halogens is 1. The Morgan fingerprint density at radius 1 is 1.32 bits per heavy atom. The van der Waals surface area contributed by atoms with E-state index in [1.54, 1.807) is 17.5 Å². The molecule has 0 spiro atoms. The molecule has 22 heavy (non-hydrogen) atoms. The molecule has 2 aromatic heterocycles. The Morgan fingerprint density at radius 3 is 2.68 bits per heavy atom. The largest absolute Gasteiger partial charge is 0.370 e. The molecule has 0 aliphatic carbocycles. The minimum Gasteiger partial charge on any atom is -0.370 e. The lowest BCUT2D eigenvalue weighted by Crippen LogP contribution is -2.51. The van der Waals surface area contributed by atoms with E-state index >= 15 is 0 Å². The summed E-state index contributed by atoms with van der Waals surface area (Å²) in [5.41, 5.74) is 7.15. The van der Waals surface area contributed by atoms with Crippen molar-refractivity contribution in [1.29, 1.82) is 0 Å². The van der Waals surface area contributed by atoms with Crippen molar-refractivity contribution >= 4 is 46.4 Å². The monoisotopic (exact) mass is 433 g/mol. The second kappa shape index (κ2) is 7.77. The summed E-state index contributed by atoms with van der Waals surface area (Å²) >= 11 is 1.67. The van der Waals surface area contributed by atoms with E-state index < -0.39 is 0 Å². The smallest absolute Gasteiger partial charge is 0.191 e. The van der Waals surface area contributed by atoms with E-state index in [-0.39, 0.29) is 24.0 Å². The highest BCUT2D eigenvalue weighted by atomic mass is 127. The third kappa shape index (κ3) is 3.88. The van der Waals surface area contributed by atoms with Crippen molar-refractivity contribution in [3.8, 4) is 0 Å². The van der Waals surface area contributed by atoms with Crippen LogP contribution in [-0.4, -0.2) is 51.8 Å². The number of piperazine rings is 1. The van der Waals surface area contributed by atoms with Crippen LogP contribution in [-0.2, 0) is 13.6 Å². The number of nitrogens with zero attached hydrogens (tertiary/aromatic N) is 6. The molecule has 2 N–H and O–H groups in total. The van der Waals surface area contributed by atoms with Gasteiger partial charge in [0.2, 0.25) is 0 Å². The molecule has 3 heterocycles. The molecule has 0 bridgehead atoms. The molecular weight excluding hydrogens is 413 g/mol. The van der Waals surface area contributed by atoms with Crippen LogP contribution in [0.2, 0.25) is 0 Å². The fourth-order valence-corrected chi connectivity index (χ4v) is 3.01. The quantitative estimate of drug-likeness (QED) is 0.446. The van der Waals surface area contributed by atoms with Crippen molar-refractivity contribution in [2.24, 2.45) is 17.8 Å². The van der Waals surface area contributed by atoms with Gasteiger partial charge < -0.3 is 15.5 Å². The van der Waals surface area contributed by atoms with E-state index in [2.05, 4.69) is 24.9 Å². The maximum atomic E-state index is 6.09. The van der Waals surface area contributed by atoms with E-state index in [1.165, 1.54) is 0 Å². The normalized spacial score (nSPS) is 15.8. The van der Waals surface area contributed by atoms with Gasteiger partial charge in [0.1, 0.15) is 0 Å². The highest BCUT2D eigenvalue weighted by Gasteiger charge is 2.19. The fraction of sp³-hybridized carbons (Fsp3) is 0.462. The predicted molar refractivity (Wildman–Crippen MR) is 99.8 cm³/mol. The molecule has 0 unspecified atom stereocenters. The maximum Gasteiger partial charge on any atom is 0.191 e. The minimum atomic E-state index is 0. The number of nitrogens with two attached hydrogens (primary N) is 1. The molecule has 1 aliphatic heterocycles. The molecule has 1 fully saturated rings. The first kappa shape index (κ1) is 17.0. The van der Waals surface area contributed by atoms with E-state index in [4.69, 9.17) is 5.73 Å². The Kier molecular flexibility index (Phi) is 6.00. The van der Waals surface area contributed by atoms with Crippen LogP contribution >= 0.6 is 35.3 Å². The van der Waals surface area contributed by atoms with Crippen LogP contribution in [0, 0.1) is 0 Å². The molecule has 0 atom stereocenters. The number of thiazole rings is 1. The van der Waals surface area contributed by atoms with Gasteiger partial charge in [-0.25, -0.2) is 9.98 Å². The van der Waals surface area contributed by atoms with Crippen LogP contribution < -0.4 is 10.6 Å². The zero-order valence-corrected chi connectivity index (χ0v) is 15.6. The van der Waals surface area contributed by atoms with Gasteiger partial charge in [0.15, 0.2) is 11.1 Å². The zero-order valence-electron chi connectivity index (χ0n) is 12.4. The highest BCUT2D eigenvalue weighted by molar-refractivity contribution is 14.0. The summed E-state index contributed by atoms with van der Waals surface area (Å²) in [5.74, 6) is 0.606. The highest BCUT2D eigenvalue weighted by Crippen LogP contribution is 2.18. The molecule has 7 nitrogen and oxygen atoms in total. The standard InChI is InChI=1S/C13H19N7S.HI/c1-18-11(2-3-17-18)10-16-12(14)19-5-7-20(8-6-19)13-15-4-9-21-13;/h2-4,9H,5-8,10H2,1H3,(H2,14,16);1H. The van der Waals surface area contributed by atoms with Gasteiger partial charge in [0, 0.05) is 51.0 Å². The van der Waals surface area contributed by atoms with Gasteiger partial charge in [0.25, 0.3) is 0 Å². The van der Waals surface area contributed by atoms with Gasteiger partial charge in [-0.3, -0.25) is 4.68 Å². The van der Waals surface area contributed by atoms with Crippen LogP contribution in [0.4, 0.5) is 5.13 Å². The third-order valence-electron chi connectivity index (χ3n) is 3.62. The van der Waals surface area contributed by atoms with Crippen molar-refractivity contribution in [1.82, 2.24) is 19.7 Å². The van der Waals surface area contributed by atoms with Gasteiger partial charge in [0.05, 0.1) is 12.2 Å². The second-order valence-corrected chi connectivity index (χ2v) is 5.78. The molecule has 0 radical (unpaired) electrons. The number of guanidine groups is 1. The molecule has 0 saturated carbocycles. The number of hydrogen-bond acceptors (Lipinski definition) is 5. The number of hydrogen-bond donors (Lipinski definition) is 1. The first-order valence-corrected chi connectivity index (χ1v) is 7.78. The summed E-state index contributed by atoms with van der Waals surface area (Å²) in [6, 6.07) is 1.96. The van der Waals surface area contributed by atoms with Crippen molar-refractivity contribution in [3.05, 3.63) is 29.5 Å². The lowest BCUT2D eigenvalue weighted by molar-refractivity contribution is 0.380. The Hall–Kier alpha value is -1.36. The fourth-order valence-electron chi connectivity index (χ4n) is 2.32. The topological polar surface area (TPSA) is 75.6 Å². The summed E-state index contributed by atoms with van der Waals surface area (Å²) in [4.78, 5) is 13.2. The van der Waals surface area contributed by atoms with E-state index in [0.29, 0.717) is 12.5 Å². The van der Waals surface area contributed by atoms with Crippen molar-refractivity contribution in [2.75, 3.05) is 31.1 Å². The summed E-state index contributed by atoms with van der Waals surface area (Å²) in [5, 5.41) is 7.21. The summed E-state index contributed by atoms with van der Waals surface area (Å²) in [7, 11) is 1.91. The molecule has 0 amide bonds. The average molecular weight is 433 g/mol. The number of aliphatic imine (C=N–C) groups is 1. The van der Waals surface area contributed by atoms with Crippen LogP contribution in [0.5, 0.6) is 0 Å². The van der Waals surface area contributed by atoms with Gasteiger partial charge >= 0.3 is 0 Å². The second-order valence-electron chi connectivity index (χ2n) is 4.91. The minimum absolute atomic E-state index is 0. The van der Waals surface area contributed by atoms with Crippen molar-refractivity contribution in [2.45, 2.75) is 6.54 Å². The third-order valence-corrected chi connectivity index (χ3v) is 4.45. The lowest BCUT2D eigenvalue weighted by atomic mass is 10.3. The van der Waals surface area contributed by atoms with E-state index in [0.717, 1.165) is 37.0 Å². The van der Waals surface area contributed by atoms with Gasteiger partial charge in [-0.1, -0.05) is 0 Å². The molecule has 2 aromatic rings. The lowest BCUT2D eigenvalue weighted by Gasteiger charge is -2.35. The molecule has 9 heteroatoms. The van der Waals surface area contributed by atoms with Gasteiger partial charge in [-0.15, -0.1) is 35.3 Å². The predicted octanol–water partition coefficient (Wildman–Crippen LogP) is 1.13. The molecular formula is C13H20IN7S. The Bertz CT molecular complexity index is 602. The van der Waals surface area contributed by atoms with E-state index in [9.17, 15) is 0 Å². The average Bonchev–Trinajstić information content (AvgIpc) is 3.17. The van der Waals surface area contributed by atoms with Crippen LogP contribution in [0.1, 0.15) is 5.69 Å². The Balaban J connectivity index is 0.00000176. The SMILES string of the molecule is Cn1nccc1CN=C(N)N1CCN(c2nccs2)CC1.I. The summed E-state index contributed by atoms with van der Waals surface area (Å²) in [6.45, 7) is 4.17. The van der Waals surface area contributed by atoms with Gasteiger partial charge in [-0.05, 0) is 6.07 Å². The number of anilines is 1.